The molecule has 64 valence electrons. The Labute approximate surface area is 71.0 Å². The van der Waals surface area contributed by atoms with Crippen molar-refractivity contribution in [2.75, 3.05) is 0 Å². The van der Waals surface area contributed by atoms with Crippen LogP contribution in [0, 0.1) is 5.92 Å². The molecule has 0 heterocycles. The molecule has 0 aromatic rings. The minimum absolute atomic E-state index is 0.719. The van der Waals surface area contributed by atoms with E-state index in [2.05, 4.69) is 45.9 Å². The Morgan fingerprint density at radius 3 is 2.36 bits per heavy atom. The molecule has 1 atom stereocenters. The number of allylic oxidation sites excluding steroid dienone is 4. The lowest BCUT2D eigenvalue weighted by Crippen LogP contribution is -1.84. The lowest BCUT2D eigenvalue weighted by molar-refractivity contribution is 0.697. The molecule has 0 fully saturated rings. The van der Waals surface area contributed by atoms with Crippen LogP contribution in [0.5, 0.6) is 0 Å². The van der Waals surface area contributed by atoms with Gasteiger partial charge in [0.25, 0.3) is 0 Å². The summed E-state index contributed by atoms with van der Waals surface area (Å²) in [7, 11) is 0. The fourth-order valence-corrected chi connectivity index (χ4v) is 0.842. The Morgan fingerprint density at radius 2 is 2.00 bits per heavy atom. The predicted octanol–water partition coefficient (Wildman–Crippen LogP) is 3.95. The third-order valence-corrected chi connectivity index (χ3v) is 2.06. The maximum Gasteiger partial charge on any atom is -0.0261 e. The first-order valence-electron chi connectivity index (χ1n) is 4.57. The minimum Gasteiger partial charge on any atom is -0.0845 e. The molecule has 1 unspecified atom stereocenters. The summed E-state index contributed by atoms with van der Waals surface area (Å²) in [6.07, 6.45) is 9.09. The normalized spacial score (nSPS) is 15.8. The van der Waals surface area contributed by atoms with Crippen molar-refractivity contribution in [2.24, 2.45) is 5.92 Å². The van der Waals surface area contributed by atoms with Gasteiger partial charge in [0.05, 0.1) is 0 Å². The fourth-order valence-electron chi connectivity index (χ4n) is 0.842. The molecule has 0 aromatic heterocycles. The van der Waals surface area contributed by atoms with E-state index in [1.807, 2.05) is 0 Å². The van der Waals surface area contributed by atoms with Gasteiger partial charge in [0.15, 0.2) is 0 Å². The summed E-state index contributed by atoms with van der Waals surface area (Å²) in [6, 6.07) is 0. The Balaban J connectivity index is 3.89. The van der Waals surface area contributed by atoms with Crippen LogP contribution in [0.4, 0.5) is 0 Å². The third-order valence-electron chi connectivity index (χ3n) is 2.06. The first-order valence-corrected chi connectivity index (χ1v) is 4.57. The van der Waals surface area contributed by atoms with Gasteiger partial charge in [-0.2, -0.15) is 0 Å². The molecule has 0 aromatic carbocycles. The van der Waals surface area contributed by atoms with Crippen LogP contribution in [0.1, 0.15) is 40.5 Å². The van der Waals surface area contributed by atoms with E-state index < -0.39 is 0 Å². The maximum atomic E-state index is 2.29. The van der Waals surface area contributed by atoms with Gasteiger partial charge < -0.3 is 0 Å². The molecule has 0 spiro atoms. The van der Waals surface area contributed by atoms with Gasteiger partial charge in [-0.15, -0.1) is 0 Å². The van der Waals surface area contributed by atoms with Crippen LogP contribution in [0.2, 0.25) is 0 Å². The van der Waals surface area contributed by atoms with Crippen molar-refractivity contribution in [1.82, 2.24) is 0 Å². The summed E-state index contributed by atoms with van der Waals surface area (Å²) >= 11 is 0. The Hall–Kier alpha value is -0.520. The minimum atomic E-state index is 0.719. The van der Waals surface area contributed by atoms with Crippen LogP contribution in [0.25, 0.3) is 0 Å². The molecule has 11 heavy (non-hydrogen) atoms. The SMILES string of the molecule is C/C=C(\C=C/C(C)CC)CC. The number of hydrogen-bond donors (Lipinski definition) is 0. The summed E-state index contributed by atoms with van der Waals surface area (Å²) in [4.78, 5) is 0. The predicted molar refractivity (Wildman–Crippen MR) is 52.6 cm³/mol. The Kier molecular flexibility index (Phi) is 5.91. The van der Waals surface area contributed by atoms with E-state index in [1.165, 1.54) is 12.0 Å². The second-order valence-electron chi connectivity index (χ2n) is 2.96. The van der Waals surface area contributed by atoms with Crippen molar-refractivity contribution < 1.29 is 0 Å². The van der Waals surface area contributed by atoms with Crippen LogP contribution < -0.4 is 0 Å². The summed E-state index contributed by atoms with van der Waals surface area (Å²) in [5.74, 6) is 0.719. The van der Waals surface area contributed by atoms with Crippen molar-refractivity contribution in [3.63, 3.8) is 0 Å². The van der Waals surface area contributed by atoms with E-state index in [0.29, 0.717) is 0 Å². The molecule has 0 radical (unpaired) electrons. The molecule has 0 N–H and O–H groups in total. The molecule has 0 aliphatic heterocycles. The van der Waals surface area contributed by atoms with E-state index in [-0.39, 0.29) is 0 Å². The van der Waals surface area contributed by atoms with Gasteiger partial charge in [0.1, 0.15) is 0 Å². The molecular formula is C11H20. The van der Waals surface area contributed by atoms with E-state index >= 15 is 0 Å². The van der Waals surface area contributed by atoms with Gasteiger partial charge in [-0.1, -0.05) is 51.0 Å². The highest BCUT2D eigenvalue weighted by Gasteiger charge is 1.90. The molecular weight excluding hydrogens is 132 g/mol. The highest BCUT2D eigenvalue weighted by Crippen LogP contribution is 2.07. The van der Waals surface area contributed by atoms with Gasteiger partial charge in [0, 0.05) is 0 Å². The first kappa shape index (κ1) is 10.5. The van der Waals surface area contributed by atoms with Crippen molar-refractivity contribution >= 4 is 0 Å². The maximum absolute atomic E-state index is 2.29. The smallest absolute Gasteiger partial charge is 0.0261 e. The van der Waals surface area contributed by atoms with Crippen molar-refractivity contribution in [1.29, 1.82) is 0 Å². The zero-order chi connectivity index (χ0) is 8.69. The molecule has 0 amide bonds. The monoisotopic (exact) mass is 152 g/mol. The summed E-state index contributed by atoms with van der Waals surface area (Å²) in [6.45, 7) is 8.76. The fraction of sp³-hybridized carbons (Fsp3) is 0.636. The standard InChI is InChI=1S/C11H20/c1-5-10(4)8-9-11(6-2)7-3/h6,8-10H,5,7H2,1-4H3/b9-8-,11-6-. The van der Waals surface area contributed by atoms with Gasteiger partial charge in [-0.05, 0) is 19.3 Å². The highest BCUT2D eigenvalue weighted by atomic mass is 14.0. The second kappa shape index (κ2) is 6.21. The molecule has 0 heteroatoms. The number of rotatable bonds is 4. The van der Waals surface area contributed by atoms with Crippen LogP contribution >= 0.6 is 0 Å². The average molecular weight is 152 g/mol. The summed E-state index contributed by atoms with van der Waals surface area (Å²) in [5.41, 5.74) is 1.44. The van der Waals surface area contributed by atoms with Gasteiger partial charge >= 0.3 is 0 Å². The molecule has 0 aliphatic rings. The van der Waals surface area contributed by atoms with Crippen LogP contribution in [0.3, 0.4) is 0 Å². The molecule has 0 nitrogen and oxygen atoms in total. The zero-order valence-electron chi connectivity index (χ0n) is 8.22. The largest absolute Gasteiger partial charge is 0.0845 e. The summed E-state index contributed by atoms with van der Waals surface area (Å²) < 4.78 is 0. The topological polar surface area (TPSA) is 0 Å². The molecule has 0 saturated carbocycles. The van der Waals surface area contributed by atoms with Crippen LogP contribution in [0.15, 0.2) is 23.8 Å². The van der Waals surface area contributed by atoms with Crippen molar-refractivity contribution in [2.45, 2.75) is 40.5 Å². The second-order valence-corrected chi connectivity index (χ2v) is 2.96. The molecule has 0 rings (SSSR count). The number of hydrogen-bond acceptors (Lipinski definition) is 0. The molecule has 0 bridgehead atoms. The quantitative estimate of drug-likeness (QED) is 0.535. The molecule has 0 saturated heterocycles. The lowest BCUT2D eigenvalue weighted by Gasteiger charge is -2.00. The highest BCUT2D eigenvalue weighted by molar-refractivity contribution is 5.17. The van der Waals surface area contributed by atoms with Gasteiger partial charge in [-0.3, -0.25) is 0 Å². The summed E-state index contributed by atoms with van der Waals surface area (Å²) in [5, 5.41) is 0. The van der Waals surface area contributed by atoms with Gasteiger partial charge in [0.2, 0.25) is 0 Å². The van der Waals surface area contributed by atoms with Gasteiger partial charge in [-0.25, -0.2) is 0 Å². The van der Waals surface area contributed by atoms with Crippen molar-refractivity contribution in [3.8, 4) is 0 Å². The zero-order valence-corrected chi connectivity index (χ0v) is 8.22. The van der Waals surface area contributed by atoms with E-state index in [0.717, 1.165) is 12.3 Å². The average Bonchev–Trinajstić information content (AvgIpc) is 2.06. The van der Waals surface area contributed by atoms with E-state index in [9.17, 15) is 0 Å². The lowest BCUT2D eigenvalue weighted by atomic mass is 10.1. The van der Waals surface area contributed by atoms with E-state index in [4.69, 9.17) is 0 Å². The van der Waals surface area contributed by atoms with Crippen molar-refractivity contribution in [3.05, 3.63) is 23.8 Å². The van der Waals surface area contributed by atoms with Crippen LogP contribution in [-0.2, 0) is 0 Å². The Bertz CT molecular complexity index is 140. The Morgan fingerprint density at radius 1 is 1.36 bits per heavy atom. The molecule has 0 aliphatic carbocycles. The third kappa shape index (κ3) is 4.83. The first-order chi connectivity index (χ1) is 5.24. The van der Waals surface area contributed by atoms with E-state index in [1.54, 1.807) is 0 Å². The van der Waals surface area contributed by atoms with Crippen LogP contribution in [-0.4, -0.2) is 0 Å².